The topological polar surface area (TPSA) is 75.9 Å². The summed E-state index contributed by atoms with van der Waals surface area (Å²) < 4.78 is 4.93. The van der Waals surface area contributed by atoms with Crippen LogP contribution in [0.4, 0.5) is 0 Å². The van der Waals surface area contributed by atoms with Gasteiger partial charge in [0.25, 0.3) is 5.91 Å². The molecule has 6 nitrogen and oxygen atoms in total. The van der Waals surface area contributed by atoms with Crippen LogP contribution in [0.5, 0.6) is 0 Å². The molecule has 2 N–H and O–H groups in total. The van der Waals surface area contributed by atoms with E-state index in [0.29, 0.717) is 31.7 Å². The van der Waals surface area contributed by atoms with Gasteiger partial charge in [0.2, 0.25) is 5.91 Å². The van der Waals surface area contributed by atoms with E-state index in [-0.39, 0.29) is 18.4 Å². The molecule has 120 valence electrons. The molecular weight excluding hydrogens is 282 g/mol. The Balaban J connectivity index is 1.95. The van der Waals surface area contributed by atoms with Crippen LogP contribution in [0, 0.1) is 0 Å². The molecular formula is C16H23N3O3. The zero-order valence-corrected chi connectivity index (χ0v) is 12.9. The van der Waals surface area contributed by atoms with Crippen LogP contribution in [0.1, 0.15) is 16.8 Å². The molecule has 0 spiro atoms. The summed E-state index contributed by atoms with van der Waals surface area (Å²) in [6, 6.07) is 8.57. The minimum Gasteiger partial charge on any atom is -0.383 e. The molecule has 2 amide bonds. The Morgan fingerprint density at radius 2 is 1.77 bits per heavy atom. The fourth-order valence-electron chi connectivity index (χ4n) is 2.59. The molecule has 1 heterocycles. The summed E-state index contributed by atoms with van der Waals surface area (Å²) in [5.41, 5.74) is 6.48. The molecule has 0 bridgehead atoms. The van der Waals surface area contributed by atoms with Gasteiger partial charge in [-0.2, -0.15) is 0 Å². The first-order chi connectivity index (χ1) is 10.6. The normalized spacial score (nSPS) is 17.0. The fourth-order valence-corrected chi connectivity index (χ4v) is 2.59. The molecule has 1 aromatic carbocycles. The first-order valence-corrected chi connectivity index (χ1v) is 7.51. The number of nitrogens with zero attached hydrogens (tertiary/aromatic N) is 2. The van der Waals surface area contributed by atoms with E-state index in [1.165, 1.54) is 7.11 Å². The number of hydrogen-bond donors (Lipinski definition) is 1. The maximum Gasteiger partial charge on any atom is 0.253 e. The highest BCUT2D eigenvalue weighted by atomic mass is 16.5. The van der Waals surface area contributed by atoms with Crippen molar-refractivity contribution in [1.82, 2.24) is 9.80 Å². The summed E-state index contributed by atoms with van der Waals surface area (Å²) in [4.78, 5) is 28.2. The van der Waals surface area contributed by atoms with Crippen LogP contribution >= 0.6 is 0 Å². The van der Waals surface area contributed by atoms with Gasteiger partial charge in [0.15, 0.2) is 0 Å². The molecule has 0 radical (unpaired) electrons. The average Bonchev–Trinajstić information content (AvgIpc) is 2.80. The number of carbonyl (C=O) groups is 2. The molecule has 0 aliphatic carbocycles. The minimum atomic E-state index is -0.638. The molecule has 1 atom stereocenters. The summed E-state index contributed by atoms with van der Waals surface area (Å²) in [5, 5.41) is 0. The van der Waals surface area contributed by atoms with Crippen LogP contribution < -0.4 is 5.73 Å². The van der Waals surface area contributed by atoms with Crippen molar-refractivity contribution in [1.29, 1.82) is 0 Å². The van der Waals surface area contributed by atoms with E-state index in [4.69, 9.17) is 10.5 Å². The molecule has 1 aromatic rings. The fraction of sp³-hybridized carbons (Fsp3) is 0.500. The van der Waals surface area contributed by atoms with Crippen molar-refractivity contribution in [3.05, 3.63) is 35.9 Å². The van der Waals surface area contributed by atoms with Gasteiger partial charge in [-0.1, -0.05) is 18.2 Å². The standard InChI is InChI=1S/C16H23N3O3/c1-22-12-14(17)16(21)19-9-5-8-18(10-11-19)15(20)13-6-3-2-4-7-13/h2-4,6-7,14H,5,8-12,17H2,1H3. The number of hydrogen-bond acceptors (Lipinski definition) is 4. The van der Waals surface area contributed by atoms with Crippen molar-refractivity contribution in [2.24, 2.45) is 5.73 Å². The van der Waals surface area contributed by atoms with Crippen molar-refractivity contribution < 1.29 is 14.3 Å². The Hall–Kier alpha value is -1.92. The summed E-state index contributed by atoms with van der Waals surface area (Å²) in [6.07, 6.45) is 0.754. The van der Waals surface area contributed by atoms with Gasteiger partial charge in [0.1, 0.15) is 6.04 Å². The maximum atomic E-state index is 12.4. The van der Waals surface area contributed by atoms with Gasteiger partial charge in [0.05, 0.1) is 6.61 Å². The summed E-state index contributed by atoms with van der Waals surface area (Å²) in [5.74, 6) is -0.105. The zero-order chi connectivity index (χ0) is 15.9. The molecule has 1 saturated heterocycles. The highest BCUT2D eigenvalue weighted by molar-refractivity contribution is 5.94. The van der Waals surface area contributed by atoms with Crippen LogP contribution in [0.3, 0.4) is 0 Å². The third kappa shape index (κ3) is 4.05. The molecule has 1 aliphatic rings. The average molecular weight is 305 g/mol. The Bertz CT molecular complexity index is 507. The third-order valence-electron chi connectivity index (χ3n) is 3.78. The smallest absolute Gasteiger partial charge is 0.253 e. The predicted octanol–water partition coefficient (Wildman–Crippen LogP) is 0.335. The van der Waals surface area contributed by atoms with Crippen LogP contribution in [0.15, 0.2) is 30.3 Å². The van der Waals surface area contributed by atoms with E-state index in [0.717, 1.165) is 6.42 Å². The van der Waals surface area contributed by atoms with Crippen molar-refractivity contribution in [3.63, 3.8) is 0 Å². The lowest BCUT2D eigenvalue weighted by Gasteiger charge is -2.24. The summed E-state index contributed by atoms with van der Waals surface area (Å²) in [6.45, 7) is 2.52. The molecule has 22 heavy (non-hydrogen) atoms. The number of rotatable bonds is 4. The first-order valence-electron chi connectivity index (χ1n) is 7.51. The second kappa shape index (κ2) is 7.91. The quantitative estimate of drug-likeness (QED) is 0.870. The molecule has 0 aromatic heterocycles. The number of amides is 2. The van der Waals surface area contributed by atoms with Gasteiger partial charge < -0.3 is 20.3 Å². The second-order valence-electron chi connectivity index (χ2n) is 5.40. The van der Waals surface area contributed by atoms with E-state index in [1.54, 1.807) is 9.80 Å². The molecule has 2 rings (SSSR count). The van der Waals surface area contributed by atoms with Crippen LogP contribution in [-0.2, 0) is 9.53 Å². The van der Waals surface area contributed by atoms with Gasteiger partial charge in [-0.3, -0.25) is 9.59 Å². The van der Waals surface area contributed by atoms with E-state index in [2.05, 4.69) is 0 Å². The van der Waals surface area contributed by atoms with E-state index in [9.17, 15) is 9.59 Å². The van der Waals surface area contributed by atoms with Crippen molar-refractivity contribution in [3.8, 4) is 0 Å². The number of nitrogens with two attached hydrogens (primary N) is 1. The minimum absolute atomic E-state index is 0.0103. The largest absolute Gasteiger partial charge is 0.383 e. The lowest BCUT2D eigenvalue weighted by atomic mass is 10.2. The van der Waals surface area contributed by atoms with Crippen LogP contribution in [0.25, 0.3) is 0 Å². The maximum absolute atomic E-state index is 12.4. The number of ether oxygens (including phenoxy) is 1. The zero-order valence-electron chi connectivity index (χ0n) is 12.9. The second-order valence-corrected chi connectivity index (χ2v) is 5.40. The molecule has 1 unspecified atom stereocenters. The van der Waals surface area contributed by atoms with Crippen molar-refractivity contribution >= 4 is 11.8 Å². The molecule has 1 aliphatic heterocycles. The van der Waals surface area contributed by atoms with Gasteiger partial charge in [-0.25, -0.2) is 0 Å². The van der Waals surface area contributed by atoms with Gasteiger partial charge in [0, 0.05) is 38.9 Å². The lowest BCUT2D eigenvalue weighted by molar-refractivity contribution is -0.133. The Morgan fingerprint density at radius 3 is 2.45 bits per heavy atom. The van der Waals surface area contributed by atoms with Crippen LogP contribution in [-0.4, -0.2) is 67.6 Å². The third-order valence-corrected chi connectivity index (χ3v) is 3.78. The predicted molar refractivity (Wildman–Crippen MR) is 83.4 cm³/mol. The number of methoxy groups -OCH3 is 1. The molecule has 0 saturated carbocycles. The van der Waals surface area contributed by atoms with Gasteiger partial charge in [-0.15, -0.1) is 0 Å². The van der Waals surface area contributed by atoms with E-state index in [1.807, 2.05) is 30.3 Å². The SMILES string of the molecule is COCC(N)C(=O)N1CCCN(C(=O)c2ccccc2)CC1. The van der Waals surface area contributed by atoms with E-state index < -0.39 is 6.04 Å². The Kier molecular flexibility index (Phi) is 5.91. The Labute approximate surface area is 130 Å². The molecule has 1 fully saturated rings. The van der Waals surface area contributed by atoms with Crippen LogP contribution in [0.2, 0.25) is 0 Å². The number of carbonyl (C=O) groups excluding carboxylic acids is 2. The summed E-state index contributed by atoms with van der Waals surface area (Å²) in [7, 11) is 1.52. The first kappa shape index (κ1) is 16.5. The van der Waals surface area contributed by atoms with Gasteiger partial charge >= 0.3 is 0 Å². The van der Waals surface area contributed by atoms with Gasteiger partial charge in [-0.05, 0) is 18.6 Å². The lowest BCUT2D eigenvalue weighted by Crippen LogP contribution is -2.47. The highest BCUT2D eigenvalue weighted by Gasteiger charge is 2.25. The van der Waals surface area contributed by atoms with E-state index >= 15 is 0 Å². The highest BCUT2D eigenvalue weighted by Crippen LogP contribution is 2.10. The summed E-state index contributed by atoms with van der Waals surface area (Å²) >= 11 is 0. The molecule has 6 heteroatoms. The number of benzene rings is 1. The Morgan fingerprint density at radius 1 is 1.14 bits per heavy atom. The monoisotopic (exact) mass is 305 g/mol. The van der Waals surface area contributed by atoms with Crippen molar-refractivity contribution in [2.45, 2.75) is 12.5 Å². The van der Waals surface area contributed by atoms with Crippen molar-refractivity contribution in [2.75, 3.05) is 39.9 Å².